The summed E-state index contributed by atoms with van der Waals surface area (Å²) in [7, 11) is 0. The van der Waals surface area contributed by atoms with Crippen LogP contribution in [0.1, 0.15) is 53.4 Å². The molecule has 0 aliphatic heterocycles. The lowest BCUT2D eigenvalue weighted by Gasteiger charge is -2.27. The van der Waals surface area contributed by atoms with Gasteiger partial charge in [-0.1, -0.05) is 63.2 Å². The van der Waals surface area contributed by atoms with Crippen molar-refractivity contribution >= 4 is 5.78 Å². The van der Waals surface area contributed by atoms with Gasteiger partial charge in [0.05, 0.1) is 0 Å². The maximum absolute atomic E-state index is 12.8. The Labute approximate surface area is 114 Å². The summed E-state index contributed by atoms with van der Waals surface area (Å²) in [6, 6.07) is 14.2. The average Bonchev–Trinajstić information content (AvgIpc) is 2.37. The maximum Gasteiger partial charge on any atom is 0.193 e. The molecule has 0 spiro atoms. The molecule has 0 atom stereocenters. The highest BCUT2D eigenvalue weighted by Gasteiger charge is 2.29. The van der Waals surface area contributed by atoms with Gasteiger partial charge in [0.25, 0.3) is 0 Å². The van der Waals surface area contributed by atoms with Gasteiger partial charge in [0.2, 0.25) is 0 Å². The van der Waals surface area contributed by atoms with Crippen molar-refractivity contribution in [2.75, 3.05) is 0 Å². The van der Waals surface area contributed by atoms with Gasteiger partial charge in [-0.2, -0.15) is 0 Å². The monoisotopic (exact) mass is 250 g/mol. The molecule has 0 radical (unpaired) electrons. The van der Waals surface area contributed by atoms with Crippen LogP contribution in [0.25, 0.3) is 0 Å². The summed E-state index contributed by atoms with van der Waals surface area (Å²) in [6.07, 6.45) is 0.862. The Bertz CT molecular complexity index is 660. The molecule has 1 nitrogen and oxygen atoms in total. The van der Waals surface area contributed by atoms with Crippen molar-refractivity contribution in [1.82, 2.24) is 0 Å². The number of benzene rings is 2. The van der Waals surface area contributed by atoms with Crippen molar-refractivity contribution in [2.24, 2.45) is 0 Å². The van der Waals surface area contributed by atoms with Crippen molar-refractivity contribution < 1.29 is 4.79 Å². The molecule has 0 heterocycles. The summed E-state index contributed by atoms with van der Waals surface area (Å²) in [5.41, 5.74) is 5.25. The molecule has 96 valence electrons. The first-order valence-corrected chi connectivity index (χ1v) is 6.73. The fourth-order valence-corrected chi connectivity index (χ4v) is 2.88. The minimum Gasteiger partial charge on any atom is -0.289 e. The highest BCUT2D eigenvalue weighted by Crippen LogP contribution is 2.34. The molecule has 3 rings (SSSR count). The lowest BCUT2D eigenvalue weighted by molar-refractivity contribution is 0.103. The van der Waals surface area contributed by atoms with Crippen LogP contribution in [0.4, 0.5) is 0 Å². The molecule has 1 aliphatic rings. The van der Waals surface area contributed by atoms with Gasteiger partial charge < -0.3 is 0 Å². The third-order valence-electron chi connectivity index (χ3n) is 3.83. The molecule has 19 heavy (non-hydrogen) atoms. The van der Waals surface area contributed by atoms with Crippen LogP contribution in [0, 0.1) is 0 Å². The van der Waals surface area contributed by atoms with Crippen LogP contribution >= 0.6 is 0 Å². The molecule has 0 saturated heterocycles. The third kappa shape index (κ3) is 1.90. The summed E-state index contributed by atoms with van der Waals surface area (Å²) in [5, 5.41) is 0. The molecule has 0 unspecified atom stereocenters. The summed E-state index contributed by atoms with van der Waals surface area (Å²) in [5.74, 6) is 0.183. The minimum absolute atomic E-state index is 0.00666. The number of ketones is 1. The molecule has 0 saturated carbocycles. The normalized spacial score (nSPS) is 13.9. The highest BCUT2D eigenvalue weighted by atomic mass is 16.1. The topological polar surface area (TPSA) is 17.1 Å². The zero-order valence-electron chi connectivity index (χ0n) is 11.7. The zero-order chi connectivity index (χ0) is 13.6. The number of carbonyl (C=O) groups excluding carboxylic acids is 1. The van der Waals surface area contributed by atoms with Gasteiger partial charge in [-0.25, -0.2) is 0 Å². The van der Waals surface area contributed by atoms with E-state index in [1.54, 1.807) is 0 Å². The predicted molar refractivity (Wildman–Crippen MR) is 77.8 cm³/mol. The lowest BCUT2D eigenvalue weighted by atomic mass is 9.76. The van der Waals surface area contributed by atoms with E-state index in [9.17, 15) is 4.79 Å². The van der Waals surface area contributed by atoms with Crippen LogP contribution < -0.4 is 0 Å². The number of carbonyl (C=O) groups is 1. The number of hydrogen-bond acceptors (Lipinski definition) is 1. The Morgan fingerprint density at radius 1 is 0.895 bits per heavy atom. The Kier molecular flexibility index (Phi) is 2.60. The summed E-state index contributed by atoms with van der Waals surface area (Å²) in [4.78, 5) is 12.8. The van der Waals surface area contributed by atoms with Gasteiger partial charge in [-0.3, -0.25) is 4.79 Å². The zero-order valence-corrected chi connectivity index (χ0v) is 11.7. The van der Waals surface area contributed by atoms with Crippen molar-refractivity contribution in [3.8, 4) is 0 Å². The molecule has 2 aromatic carbocycles. The fourth-order valence-electron chi connectivity index (χ4n) is 2.88. The van der Waals surface area contributed by atoms with Gasteiger partial charge in [0.1, 0.15) is 0 Å². The van der Waals surface area contributed by atoms with Gasteiger partial charge in [-0.15, -0.1) is 0 Å². The molecule has 0 amide bonds. The summed E-state index contributed by atoms with van der Waals surface area (Å²) < 4.78 is 0. The Morgan fingerprint density at radius 2 is 1.58 bits per heavy atom. The van der Waals surface area contributed by atoms with Crippen LogP contribution in [0.5, 0.6) is 0 Å². The average molecular weight is 250 g/mol. The Hall–Kier alpha value is -1.89. The first kappa shape index (κ1) is 12.2. The van der Waals surface area contributed by atoms with Gasteiger partial charge in [0.15, 0.2) is 5.78 Å². The molecule has 0 aromatic heterocycles. The van der Waals surface area contributed by atoms with Gasteiger partial charge in [-0.05, 0) is 28.5 Å². The first-order chi connectivity index (χ1) is 8.98. The van der Waals surface area contributed by atoms with E-state index < -0.39 is 0 Å². The number of rotatable bonds is 0. The Balaban J connectivity index is 2.25. The molecule has 2 aromatic rings. The van der Waals surface area contributed by atoms with E-state index in [0.29, 0.717) is 0 Å². The van der Waals surface area contributed by atoms with Crippen LogP contribution in [0.15, 0.2) is 42.5 Å². The molecule has 0 bridgehead atoms. The van der Waals surface area contributed by atoms with Crippen LogP contribution in [-0.4, -0.2) is 5.78 Å². The van der Waals surface area contributed by atoms with E-state index in [1.165, 1.54) is 0 Å². The van der Waals surface area contributed by atoms with E-state index in [-0.39, 0.29) is 11.2 Å². The van der Waals surface area contributed by atoms with Crippen LogP contribution in [0.3, 0.4) is 0 Å². The molecule has 0 N–H and O–H groups in total. The minimum atomic E-state index is -0.00666. The standard InChI is InChI=1S/C18H18O/c1-18(2,3)15-10-6-8-13-11-12-7-4-5-9-14(12)17(19)16(13)15/h4-10H,11H2,1-3H3. The van der Waals surface area contributed by atoms with Crippen molar-refractivity contribution in [1.29, 1.82) is 0 Å². The van der Waals surface area contributed by atoms with E-state index in [1.807, 2.05) is 18.2 Å². The fraction of sp³-hybridized carbons (Fsp3) is 0.278. The van der Waals surface area contributed by atoms with Crippen molar-refractivity contribution in [3.05, 3.63) is 70.3 Å². The SMILES string of the molecule is CC(C)(C)c1cccc2c1C(=O)c1ccccc1C2. The second-order valence-corrected chi connectivity index (χ2v) is 6.25. The van der Waals surface area contributed by atoms with E-state index in [2.05, 4.69) is 45.0 Å². The molecular formula is C18H18O. The molecular weight excluding hydrogens is 232 g/mol. The van der Waals surface area contributed by atoms with Gasteiger partial charge >= 0.3 is 0 Å². The van der Waals surface area contributed by atoms with Crippen molar-refractivity contribution in [2.45, 2.75) is 32.6 Å². The lowest BCUT2D eigenvalue weighted by Crippen LogP contribution is -2.23. The quantitative estimate of drug-likeness (QED) is 0.586. The van der Waals surface area contributed by atoms with Crippen LogP contribution in [0.2, 0.25) is 0 Å². The molecule has 1 heteroatoms. The summed E-state index contributed by atoms with van der Waals surface area (Å²) in [6.45, 7) is 6.49. The maximum atomic E-state index is 12.8. The number of fused-ring (bicyclic) bond motifs is 2. The summed E-state index contributed by atoms with van der Waals surface area (Å²) >= 11 is 0. The Morgan fingerprint density at radius 3 is 2.32 bits per heavy atom. The molecule has 1 aliphatic carbocycles. The van der Waals surface area contributed by atoms with Gasteiger partial charge in [0, 0.05) is 11.1 Å². The van der Waals surface area contributed by atoms with Crippen molar-refractivity contribution in [3.63, 3.8) is 0 Å². The largest absolute Gasteiger partial charge is 0.289 e. The third-order valence-corrected chi connectivity index (χ3v) is 3.83. The molecule has 0 fully saturated rings. The predicted octanol–water partition coefficient (Wildman–Crippen LogP) is 4.12. The number of hydrogen-bond donors (Lipinski definition) is 0. The highest BCUT2D eigenvalue weighted by molar-refractivity contribution is 6.13. The first-order valence-electron chi connectivity index (χ1n) is 6.73. The second kappa shape index (κ2) is 4.06. The van der Waals surface area contributed by atoms with E-state index >= 15 is 0 Å². The van der Waals surface area contributed by atoms with E-state index in [0.717, 1.165) is 34.2 Å². The second-order valence-electron chi connectivity index (χ2n) is 6.25. The smallest absolute Gasteiger partial charge is 0.193 e. The van der Waals surface area contributed by atoms with Crippen LogP contribution in [-0.2, 0) is 11.8 Å². The van der Waals surface area contributed by atoms with E-state index in [4.69, 9.17) is 0 Å².